The first-order valence-electron chi connectivity index (χ1n) is 6.51. The molecule has 116 valence electrons. The molecule has 2 rings (SSSR count). The minimum Gasteiger partial charge on any atom is -0.381 e. The van der Waals surface area contributed by atoms with Gasteiger partial charge in [-0.1, -0.05) is 12.1 Å². The molecule has 1 aliphatic rings. The maximum atomic E-state index is 12.5. The predicted octanol–water partition coefficient (Wildman–Crippen LogP) is 3.25. The molecule has 0 bridgehead atoms. The van der Waals surface area contributed by atoms with E-state index in [4.69, 9.17) is 5.73 Å². The largest absolute Gasteiger partial charge is 0.446 e. The second kappa shape index (κ2) is 6.46. The first-order chi connectivity index (χ1) is 9.85. The minimum atomic E-state index is -4.31. The number of nitrogens with zero attached hydrogens (tertiary/aromatic N) is 1. The first kappa shape index (κ1) is 15.8. The number of benzene rings is 1. The standard InChI is InChI=1S/C13H16F3N3OS/c14-13(15,16)21-11-4-2-1-3-10(11)18-9-5-7-19(8-6-9)12(17)20/h1-4,9,18H,5-8H2,(H2,17,20). The Hall–Kier alpha value is -1.57. The van der Waals surface area contributed by atoms with Crippen molar-refractivity contribution >= 4 is 23.5 Å². The number of alkyl halides is 3. The van der Waals surface area contributed by atoms with E-state index in [1.807, 2.05) is 0 Å². The van der Waals surface area contributed by atoms with Crippen LogP contribution >= 0.6 is 11.8 Å². The van der Waals surface area contributed by atoms with Gasteiger partial charge in [0.2, 0.25) is 0 Å². The highest BCUT2D eigenvalue weighted by molar-refractivity contribution is 8.00. The lowest BCUT2D eigenvalue weighted by Crippen LogP contribution is -2.44. The van der Waals surface area contributed by atoms with Gasteiger partial charge in [0, 0.05) is 29.7 Å². The maximum absolute atomic E-state index is 12.5. The van der Waals surface area contributed by atoms with Crippen molar-refractivity contribution in [1.29, 1.82) is 0 Å². The minimum absolute atomic E-state index is 0.0376. The smallest absolute Gasteiger partial charge is 0.381 e. The molecule has 1 aliphatic heterocycles. The van der Waals surface area contributed by atoms with Crippen molar-refractivity contribution in [2.24, 2.45) is 5.73 Å². The average Bonchev–Trinajstić information content (AvgIpc) is 2.40. The molecule has 1 aromatic carbocycles. The molecular formula is C13H16F3N3OS. The van der Waals surface area contributed by atoms with E-state index >= 15 is 0 Å². The molecule has 0 aromatic heterocycles. The third kappa shape index (κ3) is 4.73. The Morgan fingerprint density at radius 3 is 2.48 bits per heavy atom. The number of nitrogens with one attached hydrogen (secondary N) is 1. The lowest BCUT2D eigenvalue weighted by molar-refractivity contribution is -0.0328. The molecule has 0 aliphatic carbocycles. The molecule has 0 saturated carbocycles. The Morgan fingerprint density at radius 1 is 1.29 bits per heavy atom. The van der Waals surface area contributed by atoms with Crippen LogP contribution in [0.1, 0.15) is 12.8 Å². The van der Waals surface area contributed by atoms with Gasteiger partial charge in [0.15, 0.2) is 0 Å². The van der Waals surface area contributed by atoms with Crippen molar-refractivity contribution in [2.45, 2.75) is 29.3 Å². The Bertz CT molecular complexity index is 502. The predicted molar refractivity (Wildman–Crippen MR) is 76.2 cm³/mol. The van der Waals surface area contributed by atoms with E-state index in [-0.39, 0.29) is 22.7 Å². The summed E-state index contributed by atoms with van der Waals surface area (Å²) in [6, 6.07) is 5.93. The molecule has 21 heavy (non-hydrogen) atoms. The van der Waals surface area contributed by atoms with Crippen LogP contribution < -0.4 is 11.1 Å². The van der Waals surface area contributed by atoms with Crippen LogP contribution in [0.25, 0.3) is 0 Å². The summed E-state index contributed by atoms with van der Waals surface area (Å²) in [5.74, 6) is 0. The summed E-state index contributed by atoms with van der Waals surface area (Å²) < 4.78 is 37.6. The summed E-state index contributed by atoms with van der Waals surface area (Å²) in [4.78, 5) is 12.7. The molecule has 1 heterocycles. The number of piperidine rings is 1. The number of halogens is 3. The van der Waals surface area contributed by atoms with Crippen LogP contribution in [0.2, 0.25) is 0 Å². The lowest BCUT2D eigenvalue weighted by Gasteiger charge is -2.32. The van der Waals surface area contributed by atoms with Gasteiger partial charge in [-0.25, -0.2) is 4.79 Å². The van der Waals surface area contributed by atoms with Crippen molar-refractivity contribution in [2.75, 3.05) is 18.4 Å². The van der Waals surface area contributed by atoms with Gasteiger partial charge in [0.25, 0.3) is 0 Å². The number of amides is 2. The number of primary amides is 1. The van der Waals surface area contributed by atoms with Crippen molar-refractivity contribution in [1.82, 2.24) is 4.90 Å². The fraction of sp³-hybridized carbons (Fsp3) is 0.462. The number of likely N-dealkylation sites (tertiary alicyclic amines) is 1. The number of anilines is 1. The molecular weight excluding hydrogens is 303 g/mol. The van der Waals surface area contributed by atoms with E-state index in [0.29, 0.717) is 31.6 Å². The summed E-state index contributed by atoms with van der Waals surface area (Å²) in [6.07, 6.45) is 1.32. The summed E-state index contributed by atoms with van der Waals surface area (Å²) in [6.45, 7) is 1.03. The fourth-order valence-electron chi connectivity index (χ4n) is 2.26. The third-order valence-electron chi connectivity index (χ3n) is 3.28. The van der Waals surface area contributed by atoms with E-state index in [1.54, 1.807) is 18.2 Å². The summed E-state index contributed by atoms with van der Waals surface area (Å²) in [7, 11) is 0. The van der Waals surface area contributed by atoms with E-state index in [9.17, 15) is 18.0 Å². The van der Waals surface area contributed by atoms with Gasteiger partial charge >= 0.3 is 11.5 Å². The summed E-state index contributed by atoms with van der Waals surface area (Å²) in [5, 5.41) is 3.13. The second-order valence-corrected chi connectivity index (χ2v) is 5.89. The highest BCUT2D eigenvalue weighted by Gasteiger charge is 2.31. The first-order valence-corrected chi connectivity index (χ1v) is 7.32. The van der Waals surface area contributed by atoms with Crippen LogP contribution in [0.4, 0.5) is 23.7 Å². The number of carbonyl (C=O) groups excluding carboxylic acids is 1. The van der Waals surface area contributed by atoms with Crippen molar-refractivity contribution < 1.29 is 18.0 Å². The van der Waals surface area contributed by atoms with Crippen molar-refractivity contribution in [3.05, 3.63) is 24.3 Å². The highest BCUT2D eigenvalue weighted by atomic mass is 32.2. The topological polar surface area (TPSA) is 58.4 Å². The Kier molecular flexibility index (Phi) is 4.87. The molecule has 0 unspecified atom stereocenters. The normalized spacial score (nSPS) is 16.8. The molecule has 1 saturated heterocycles. The molecule has 8 heteroatoms. The van der Waals surface area contributed by atoms with Crippen LogP contribution in [0.5, 0.6) is 0 Å². The number of rotatable bonds is 3. The van der Waals surface area contributed by atoms with Crippen molar-refractivity contribution in [3.63, 3.8) is 0 Å². The van der Waals surface area contributed by atoms with Gasteiger partial charge in [-0.05, 0) is 36.7 Å². The highest BCUT2D eigenvalue weighted by Crippen LogP contribution is 2.40. The van der Waals surface area contributed by atoms with Gasteiger partial charge < -0.3 is 16.0 Å². The third-order valence-corrected chi connectivity index (χ3v) is 4.09. The molecule has 1 fully saturated rings. The van der Waals surface area contributed by atoms with Crippen LogP contribution in [0.15, 0.2) is 29.2 Å². The number of hydrogen-bond acceptors (Lipinski definition) is 3. The Morgan fingerprint density at radius 2 is 1.90 bits per heavy atom. The number of urea groups is 1. The Labute approximate surface area is 124 Å². The maximum Gasteiger partial charge on any atom is 0.446 e. The number of para-hydroxylation sites is 1. The number of hydrogen-bond donors (Lipinski definition) is 2. The van der Waals surface area contributed by atoms with Gasteiger partial charge in [0.05, 0.1) is 0 Å². The summed E-state index contributed by atoms with van der Waals surface area (Å²) >= 11 is -0.126. The monoisotopic (exact) mass is 319 g/mol. The summed E-state index contributed by atoms with van der Waals surface area (Å²) in [5.41, 5.74) is 1.35. The molecule has 0 spiro atoms. The van der Waals surface area contributed by atoms with Gasteiger partial charge in [-0.3, -0.25) is 0 Å². The van der Waals surface area contributed by atoms with E-state index in [1.165, 1.54) is 11.0 Å². The molecule has 3 N–H and O–H groups in total. The fourth-order valence-corrected chi connectivity index (χ4v) is 2.90. The molecule has 0 radical (unpaired) electrons. The molecule has 1 aromatic rings. The second-order valence-electron chi connectivity index (χ2n) is 4.79. The van der Waals surface area contributed by atoms with Crippen molar-refractivity contribution in [3.8, 4) is 0 Å². The van der Waals surface area contributed by atoms with E-state index in [2.05, 4.69) is 5.32 Å². The van der Waals surface area contributed by atoms with E-state index < -0.39 is 11.5 Å². The zero-order valence-corrected chi connectivity index (χ0v) is 12.0. The van der Waals surface area contributed by atoms with Gasteiger partial charge in [-0.2, -0.15) is 13.2 Å². The molecule has 4 nitrogen and oxygen atoms in total. The Balaban J connectivity index is 1.99. The van der Waals surface area contributed by atoms with Gasteiger partial charge in [-0.15, -0.1) is 0 Å². The quantitative estimate of drug-likeness (QED) is 0.841. The number of nitrogens with two attached hydrogens (primary N) is 1. The molecule has 0 atom stereocenters. The van der Waals surface area contributed by atoms with Gasteiger partial charge in [0.1, 0.15) is 0 Å². The van der Waals surface area contributed by atoms with Crippen LogP contribution in [-0.2, 0) is 0 Å². The number of thioether (sulfide) groups is 1. The lowest BCUT2D eigenvalue weighted by atomic mass is 10.0. The average molecular weight is 319 g/mol. The number of carbonyl (C=O) groups is 1. The van der Waals surface area contributed by atoms with Crippen LogP contribution in [-0.4, -0.2) is 35.6 Å². The SMILES string of the molecule is NC(=O)N1CCC(Nc2ccccc2SC(F)(F)F)CC1. The molecule has 2 amide bonds. The van der Waals surface area contributed by atoms with Crippen LogP contribution in [0, 0.1) is 0 Å². The zero-order valence-electron chi connectivity index (χ0n) is 11.2. The van der Waals surface area contributed by atoms with E-state index in [0.717, 1.165) is 0 Å². The van der Waals surface area contributed by atoms with Crippen LogP contribution in [0.3, 0.4) is 0 Å². The zero-order chi connectivity index (χ0) is 15.5.